The highest BCUT2D eigenvalue weighted by Gasteiger charge is 2.42. The fourth-order valence-electron chi connectivity index (χ4n) is 2.39. The molecule has 1 fully saturated rings. The third-order valence-electron chi connectivity index (χ3n) is 4.28. The highest BCUT2D eigenvalue weighted by molar-refractivity contribution is 5.79. The Labute approximate surface area is 125 Å². The lowest BCUT2D eigenvalue weighted by molar-refractivity contribution is -0.121. The summed E-state index contributed by atoms with van der Waals surface area (Å²) in [5.41, 5.74) is -0.727. The van der Waals surface area contributed by atoms with Crippen molar-refractivity contribution < 1.29 is 4.79 Å². The van der Waals surface area contributed by atoms with E-state index in [1.807, 2.05) is 30.8 Å². The van der Waals surface area contributed by atoms with Gasteiger partial charge in [-0.1, -0.05) is 0 Å². The average molecular weight is 289 g/mol. The zero-order chi connectivity index (χ0) is 15.5. The molecule has 3 atom stereocenters. The number of carbonyl (C=O) groups is 1. The number of rotatable bonds is 7. The SMILES string of the molecule is CC(NCC(=O)NC(C)(C#N)C1CC1)C(C)n1cccn1. The van der Waals surface area contributed by atoms with Crippen molar-refractivity contribution >= 4 is 5.91 Å². The Balaban J connectivity index is 1.80. The highest BCUT2D eigenvalue weighted by Crippen LogP contribution is 2.39. The number of nitriles is 1. The largest absolute Gasteiger partial charge is 0.337 e. The minimum atomic E-state index is -0.727. The average Bonchev–Trinajstić information content (AvgIpc) is 3.20. The van der Waals surface area contributed by atoms with Gasteiger partial charge in [-0.05, 0) is 45.6 Å². The van der Waals surface area contributed by atoms with E-state index in [9.17, 15) is 10.1 Å². The monoisotopic (exact) mass is 289 g/mol. The van der Waals surface area contributed by atoms with Gasteiger partial charge in [-0.25, -0.2) is 0 Å². The second-order valence-corrected chi connectivity index (χ2v) is 6.03. The van der Waals surface area contributed by atoms with Crippen molar-refractivity contribution in [3.63, 3.8) is 0 Å². The van der Waals surface area contributed by atoms with E-state index in [1.54, 1.807) is 13.1 Å². The van der Waals surface area contributed by atoms with Crippen LogP contribution in [0.15, 0.2) is 18.5 Å². The maximum absolute atomic E-state index is 12.0. The maximum Gasteiger partial charge on any atom is 0.235 e. The predicted octanol–water partition coefficient (Wildman–Crippen LogP) is 1.23. The molecule has 1 heterocycles. The van der Waals surface area contributed by atoms with Crippen LogP contribution in [0.1, 0.15) is 39.7 Å². The molecule has 0 radical (unpaired) electrons. The zero-order valence-electron chi connectivity index (χ0n) is 12.8. The summed E-state index contributed by atoms with van der Waals surface area (Å²) in [6.07, 6.45) is 5.68. The Morgan fingerprint density at radius 2 is 2.29 bits per heavy atom. The molecule has 0 bridgehead atoms. The summed E-state index contributed by atoms with van der Waals surface area (Å²) in [7, 11) is 0. The number of nitrogens with zero attached hydrogens (tertiary/aromatic N) is 3. The lowest BCUT2D eigenvalue weighted by Crippen LogP contribution is -2.51. The molecule has 3 unspecified atom stereocenters. The third kappa shape index (κ3) is 3.82. The van der Waals surface area contributed by atoms with Crippen LogP contribution >= 0.6 is 0 Å². The number of aromatic nitrogens is 2. The summed E-state index contributed by atoms with van der Waals surface area (Å²) in [5.74, 6) is 0.164. The van der Waals surface area contributed by atoms with Gasteiger partial charge in [0.1, 0.15) is 5.54 Å². The molecular formula is C15H23N5O. The molecule has 1 saturated carbocycles. The van der Waals surface area contributed by atoms with Crippen LogP contribution in [0.2, 0.25) is 0 Å². The van der Waals surface area contributed by atoms with E-state index in [2.05, 4.69) is 21.8 Å². The first kappa shape index (κ1) is 15.5. The molecule has 6 heteroatoms. The van der Waals surface area contributed by atoms with Crippen LogP contribution in [-0.4, -0.2) is 33.8 Å². The van der Waals surface area contributed by atoms with Crippen molar-refractivity contribution in [3.8, 4) is 6.07 Å². The summed E-state index contributed by atoms with van der Waals surface area (Å²) in [4.78, 5) is 12.0. The van der Waals surface area contributed by atoms with Crippen molar-refractivity contribution in [2.45, 2.75) is 51.2 Å². The van der Waals surface area contributed by atoms with Crippen LogP contribution in [0.3, 0.4) is 0 Å². The summed E-state index contributed by atoms with van der Waals surface area (Å²) < 4.78 is 1.86. The van der Waals surface area contributed by atoms with Crippen molar-refractivity contribution in [3.05, 3.63) is 18.5 Å². The fourth-order valence-corrected chi connectivity index (χ4v) is 2.39. The van der Waals surface area contributed by atoms with Crippen molar-refractivity contribution in [1.82, 2.24) is 20.4 Å². The standard InChI is InChI=1S/C15H23N5O/c1-11(12(2)20-8-4-7-18-20)17-9-14(21)19-15(3,10-16)13-5-6-13/h4,7-8,11-13,17H,5-6,9H2,1-3H3,(H,19,21). The molecule has 1 aliphatic carbocycles. The van der Waals surface area contributed by atoms with E-state index in [-0.39, 0.29) is 24.5 Å². The highest BCUT2D eigenvalue weighted by atomic mass is 16.2. The lowest BCUT2D eigenvalue weighted by atomic mass is 9.98. The zero-order valence-corrected chi connectivity index (χ0v) is 12.8. The molecular weight excluding hydrogens is 266 g/mol. The van der Waals surface area contributed by atoms with E-state index in [1.165, 1.54) is 0 Å². The van der Waals surface area contributed by atoms with Gasteiger partial charge < -0.3 is 10.6 Å². The van der Waals surface area contributed by atoms with Gasteiger partial charge in [0.05, 0.1) is 18.7 Å². The minimum absolute atomic E-state index is 0.102. The van der Waals surface area contributed by atoms with Gasteiger partial charge in [0.15, 0.2) is 0 Å². The Bertz CT molecular complexity index is 517. The first-order chi connectivity index (χ1) is 9.96. The quantitative estimate of drug-likeness (QED) is 0.791. The van der Waals surface area contributed by atoms with Crippen molar-refractivity contribution in [2.24, 2.45) is 5.92 Å². The molecule has 1 amide bonds. The molecule has 2 rings (SSSR count). The lowest BCUT2D eigenvalue weighted by Gasteiger charge is -2.25. The summed E-state index contributed by atoms with van der Waals surface area (Å²) in [6, 6.07) is 4.36. The predicted molar refractivity (Wildman–Crippen MR) is 79.3 cm³/mol. The van der Waals surface area contributed by atoms with Crippen LogP contribution in [0.25, 0.3) is 0 Å². The third-order valence-corrected chi connectivity index (χ3v) is 4.28. The van der Waals surface area contributed by atoms with Gasteiger partial charge in [0.25, 0.3) is 0 Å². The number of hydrogen-bond donors (Lipinski definition) is 2. The Hall–Kier alpha value is -1.87. The molecule has 0 saturated heterocycles. The smallest absolute Gasteiger partial charge is 0.235 e. The van der Waals surface area contributed by atoms with Crippen molar-refractivity contribution in [2.75, 3.05) is 6.54 Å². The van der Waals surface area contributed by atoms with Crippen LogP contribution in [-0.2, 0) is 4.79 Å². The molecule has 0 aromatic carbocycles. The van der Waals surface area contributed by atoms with Crippen LogP contribution in [0.5, 0.6) is 0 Å². The van der Waals surface area contributed by atoms with Gasteiger partial charge >= 0.3 is 0 Å². The second kappa shape index (κ2) is 6.27. The van der Waals surface area contributed by atoms with Gasteiger partial charge in [0, 0.05) is 18.4 Å². The van der Waals surface area contributed by atoms with Gasteiger partial charge in [0.2, 0.25) is 5.91 Å². The van der Waals surface area contributed by atoms with E-state index >= 15 is 0 Å². The molecule has 114 valence electrons. The molecule has 2 N–H and O–H groups in total. The fraction of sp³-hybridized carbons (Fsp3) is 0.667. The number of amides is 1. The normalized spacial score (nSPS) is 20.1. The van der Waals surface area contributed by atoms with E-state index < -0.39 is 5.54 Å². The molecule has 21 heavy (non-hydrogen) atoms. The van der Waals surface area contributed by atoms with Gasteiger partial charge in [-0.3, -0.25) is 9.48 Å². The van der Waals surface area contributed by atoms with Crippen molar-refractivity contribution in [1.29, 1.82) is 5.26 Å². The first-order valence-corrected chi connectivity index (χ1v) is 7.41. The maximum atomic E-state index is 12.0. The van der Waals surface area contributed by atoms with E-state index in [4.69, 9.17) is 0 Å². The summed E-state index contributed by atoms with van der Waals surface area (Å²) in [5, 5.41) is 19.5. The van der Waals surface area contributed by atoms with Crippen LogP contribution in [0.4, 0.5) is 0 Å². The van der Waals surface area contributed by atoms with Gasteiger partial charge in [-0.2, -0.15) is 10.4 Å². The Morgan fingerprint density at radius 1 is 1.57 bits per heavy atom. The number of nitrogens with one attached hydrogen (secondary N) is 2. The molecule has 1 aromatic heterocycles. The molecule has 0 spiro atoms. The number of hydrogen-bond acceptors (Lipinski definition) is 4. The molecule has 6 nitrogen and oxygen atoms in total. The topological polar surface area (TPSA) is 82.7 Å². The van der Waals surface area contributed by atoms with Crippen LogP contribution < -0.4 is 10.6 Å². The first-order valence-electron chi connectivity index (χ1n) is 7.41. The number of carbonyl (C=O) groups excluding carboxylic acids is 1. The summed E-state index contributed by atoms with van der Waals surface area (Å²) >= 11 is 0. The summed E-state index contributed by atoms with van der Waals surface area (Å²) in [6.45, 7) is 6.07. The minimum Gasteiger partial charge on any atom is -0.337 e. The van der Waals surface area contributed by atoms with E-state index in [0.29, 0.717) is 5.92 Å². The molecule has 0 aliphatic heterocycles. The Kier molecular flexibility index (Phi) is 4.63. The van der Waals surface area contributed by atoms with Gasteiger partial charge in [-0.15, -0.1) is 0 Å². The van der Waals surface area contributed by atoms with E-state index in [0.717, 1.165) is 12.8 Å². The van der Waals surface area contributed by atoms with Crippen LogP contribution in [0, 0.1) is 17.2 Å². The second-order valence-electron chi connectivity index (χ2n) is 6.03. The Morgan fingerprint density at radius 3 is 2.81 bits per heavy atom. The molecule has 1 aliphatic rings. The molecule has 1 aromatic rings.